The summed E-state index contributed by atoms with van der Waals surface area (Å²) in [6.45, 7) is 8.30. The Kier molecular flexibility index (Phi) is 26.6. The summed E-state index contributed by atoms with van der Waals surface area (Å²) >= 11 is 0. The second-order valence-corrected chi connectivity index (χ2v) is 36.4. The molecule has 5 aliphatic carbocycles. The molecule has 8 heterocycles. The molecule has 116 heavy (non-hydrogen) atoms. The predicted molar refractivity (Wildman–Crippen MR) is 376 cm³/mol. The monoisotopic (exact) mass is 1680 g/mol. The van der Waals surface area contributed by atoms with Crippen molar-refractivity contribution in [2.75, 3.05) is 52.9 Å². The van der Waals surface area contributed by atoms with Gasteiger partial charge in [0.2, 0.25) is 6.29 Å². The van der Waals surface area contributed by atoms with Gasteiger partial charge >= 0.3 is 11.9 Å². The Balaban J connectivity index is 0.746. The van der Waals surface area contributed by atoms with E-state index in [0.717, 1.165) is 5.57 Å². The maximum Gasteiger partial charge on any atom is 0.315 e. The fourth-order valence-electron chi connectivity index (χ4n) is 21.5. The molecule has 45 atom stereocenters. The number of aliphatic hydroxyl groups is 22. The lowest BCUT2D eigenvalue weighted by molar-refractivity contribution is -0.386. The molecule has 13 rings (SSSR count). The second-order valence-electron chi connectivity index (χ2n) is 36.4. The Bertz CT molecular complexity index is 3420. The van der Waals surface area contributed by atoms with Crippen molar-refractivity contribution in [2.24, 2.45) is 50.2 Å². The highest BCUT2D eigenvalue weighted by molar-refractivity contribution is 5.79. The van der Waals surface area contributed by atoms with Crippen molar-refractivity contribution in [1.29, 1.82) is 0 Å². The zero-order valence-corrected chi connectivity index (χ0v) is 65.7. The number of rotatable bonds is 22. The predicted octanol–water partition coefficient (Wildman–Crippen LogP) is -8.73. The molecule has 0 aromatic carbocycles. The highest BCUT2D eigenvalue weighted by atomic mass is 16.8. The van der Waals surface area contributed by atoms with Gasteiger partial charge in [0.05, 0.1) is 82.0 Å². The molecule has 0 aromatic rings. The lowest BCUT2D eigenvalue weighted by atomic mass is 9.33. The van der Waals surface area contributed by atoms with Crippen LogP contribution in [0.4, 0.5) is 0 Å². The molecule has 0 amide bonds. The van der Waals surface area contributed by atoms with Crippen LogP contribution in [0.3, 0.4) is 0 Å². The number of allylic oxidation sites excluding steroid dienone is 2. The molecular formula is C75H120O41. The average Bonchev–Trinajstić information content (AvgIpc) is 0.817. The molecule has 8 aliphatic heterocycles. The number of carboxylic acids is 1. The summed E-state index contributed by atoms with van der Waals surface area (Å²) < 4.78 is 95.7. The van der Waals surface area contributed by atoms with E-state index < -0.39 is 330 Å². The number of fused-ring (bicyclic) bond motifs is 7. The van der Waals surface area contributed by atoms with Crippen LogP contribution in [-0.2, 0) is 85.4 Å². The Hall–Kier alpha value is -2.80. The van der Waals surface area contributed by atoms with Crippen molar-refractivity contribution < 1.29 is 203 Å². The lowest BCUT2D eigenvalue weighted by Crippen LogP contribution is -2.70. The van der Waals surface area contributed by atoms with Gasteiger partial charge in [0.15, 0.2) is 50.1 Å². The van der Waals surface area contributed by atoms with Crippen molar-refractivity contribution in [2.45, 2.75) is 340 Å². The first-order chi connectivity index (χ1) is 54.4. The fourth-order valence-corrected chi connectivity index (χ4v) is 21.5. The van der Waals surface area contributed by atoms with Crippen LogP contribution < -0.4 is 0 Å². The molecule has 666 valence electrons. The molecule has 41 heteroatoms. The van der Waals surface area contributed by atoms with E-state index in [-0.39, 0.29) is 30.6 Å². The molecule has 4 saturated carbocycles. The van der Waals surface area contributed by atoms with Gasteiger partial charge < -0.3 is 193 Å². The maximum absolute atomic E-state index is 15.9. The standard InChI is InChI=1S/C75H120O41/c1-27-38(82)44(88)54(114-61-49(93)53(113-65-56(95)75(100,24-79)26-104-65)50(28(2)106-61)110-59-47(91)51(32(81)21-101-59)111-64-55(94)74(99,23-78)25-103-64)63(105-27)116-67(98)73-15-13-68(3,4)17-30(73)29-9-10-36-69(5)18-31(80)57(72(8,66(96)97)37(69)11-12-71(36,7)70(29,6)14-16-73)115-62-48(92)52(112-60-46(90)43(87)40(84)34(20-77)108-60)41(85)35(109-62)22-102-58-45(89)42(86)39(83)33(19-76)107-58/h9,27-28,30-65,76-95,99-100H,10-26H2,1-8H3,(H,96,97)/t27-,28+,30+,31+,32-,33-,34-,35-,36-,37-,38+,39-,40-,41-,42+,43+,44+,45-,46-,47-,48-,49-,50+,51+,52+,53+,54-,55+,56+,57+,58-,59+,60+,61+,62+,63+,64+,65+,69-,70-,71-,72+,73+,74-,75-/m1/s1. The largest absolute Gasteiger partial charge is 0.481 e. The van der Waals surface area contributed by atoms with Crippen LogP contribution in [0.5, 0.6) is 0 Å². The third kappa shape index (κ3) is 15.5. The Morgan fingerprint density at radius 1 is 0.466 bits per heavy atom. The minimum atomic E-state index is -2.27. The maximum atomic E-state index is 15.9. The minimum absolute atomic E-state index is 0.0926. The summed E-state index contributed by atoms with van der Waals surface area (Å²) in [5.74, 6) is -3.87. The number of ether oxygens (including phenoxy) is 16. The first-order valence-corrected chi connectivity index (χ1v) is 40.0. The van der Waals surface area contributed by atoms with Gasteiger partial charge in [0.1, 0.15) is 152 Å². The molecule has 0 unspecified atom stereocenters. The first-order valence-electron chi connectivity index (χ1n) is 40.0. The number of aliphatic carboxylic acids is 1. The van der Waals surface area contributed by atoms with Crippen molar-refractivity contribution in [3.8, 4) is 0 Å². The molecule has 0 radical (unpaired) electrons. The Labute approximate surface area is 666 Å². The zero-order chi connectivity index (χ0) is 84.7. The third-order valence-corrected chi connectivity index (χ3v) is 28.9. The van der Waals surface area contributed by atoms with E-state index in [4.69, 9.17) is 75.8 Å². The van der Waals surface area contributed by atoms with Gasteiger partial charge in [-0.15, -0.1) is 0 Å². The fraction of sp³-hybridized carbons (Fsp3) is 0.947. The summed E-state index contributed by atoms with van der Waals surface area (Å²) in [7, 11) is 0. The number of carbonyl (C=O) groups is 2. The summed E-state index contributed by atoms with van der Waals surface area (Å²) in [4.78, 5) is 30.4. The Morgan fingerprint density at radius 2 is 0.983 bits per heavy atom. The van der Waals surface area contributed by atoms with Crippen molar-refractivity contribution in [3.63, 3.8) is 0 Å². The quantitative estimate of drug-likeness (QED) is 0.0272. The number of hydrogen-bond acceptors (Lipinski definition) is 40. The van der Waals surface area contributed by atoms with Gasteiger partial charge in [-0.25, -0.2) is 0 Å². The van der Waals surface area contributed by atoms with Gasteiger partial charge in [-0.3, -0.25) is 9.59 Å². The van der Waals surface area contributed by atoms with Crippen LogP contribution in [0.15, 0.2) is 11.6 Å². The van der Waals surface area contributed by atoms with E-state index in [1.165, 1.54) is 20.8 Å². The Morgan fingerprint density at radius 3 is 1.58 bits per heavy atom. The van der Waals surface area contributed by atoms with Crippen molar-refractivity contribution in [1.82, 2.24) is 0 Å². The van der Waals surface area contributed by atoms with E-state index in [1.54, 1.807) is 0 Å². The normalized spacial score (nSPS) is 54.8. The SMILES string of the molecule is C[C@@H]1O[C@@H](O[C@H]2[C@H](OC(=O)[C@]34CCC(C)(C)C[C@H]3C3=CC[C@@H]5[C@@]6(C)C[C@H](O)[C@H](O[C@@H]7O[C@H](CO[C@@H]8O[C@H](CO)[C@@H](O)[C@H](O)[C@H]8O)[C@@H](O)[C@H](O[C@@H]8O[C@H](CO)[C@@H](O)[C@H](O)[C@H]8O)[C@H]7O)[C@@](C)(C(=O)O)[C@@H]6CC[C@@]5(C)[C@]3(C)CC4)O[C@H](C)[C@H](O)[C@@H]2O)[C@H](O)[C@H](O[C@@H]2OC[C@](O)(CO)[C@H]2O)[C@H]1O[C@@H]1OC[C@@H](O)[C@H](O[C@@H]2OC[C@](O)(CO)[C@H]2O)[C@H]1O. The van der Waals surface area contributed by atoms with Gasteiger partial charge in [0, 0.05) is 0 Å². The van der Waals surface area contributed by atoms with Crippen molar-refractivity contribution in [3.05, 3.63) is 11.6 Å². The molecule has 13 aliphatic rings. The molecule has 0 spiro atoms. The van der Waals surface area contributed by atoms with Gasteiger partial charge in [-0.05, 0) is 118 Å². The van der Waals surface area contributed by atoms with Crippen molar-refractivity contribution >= 4 is 11.9 Å². The minimum Gasteiger partial charge on any atom is -0.481 e. The van der Waals surface area contributed by atoms with Crippen LogP contribution in [0.1, 0.15) is 113 Å². The van der Waals surface area contributed by atoms with Crippen LogP contribution in [-0.4, -0.2) is 409 Å². The van der Waals surface area contributed by atoms with Crippen LogP contribution in [0.2, 0.25) is 0 Å². The average molecular weight is 1680 g/mol. The molecule has 8 saturated heterocycles. The summed E-state index contributed by atoms with van der Waals surface area (Å²) in [6, 6.07) is 0. The van der Waals surface area contributed by atoms with Crippen LogP contribution in [0, 0.1) is 50.2 Å². The van der Waals surface area contributed by atoms with E-state index in [9.17, 15) is 122 Å². The number of aliphatic hydroxyl groups excluding tert-OH is 20. The van der Waals surface area contributed by atoms with Gasteiger partial charge in [-0.2, -0.15) is 0 Å². The van der Waals surface area contributed by atoms with Gasteiger partial charge in [-0.1, -0.05) is 46.3 Å². The second kappa shape index (κ2) is 33.9. The summed E-state index contributed by atoms with van der Waals surface area (Å²) in [5.41, 5.74) is -9.65. The number of esters is 1. The smallest absolute Gasteiger partial charge is 0.315 e. The van der Waals surface area contributed by atoms with Crippen LogP contribution in [0.25, 0.3) is 0 Å². The summed E-state index contributed by atoms with van der Waals surface area (Å²) in [6.07, 6.45) is -58.8. The first kappa shape index (κ1) is 90.9. The van der Waals surface area contributed by atoms with E-state index in [0.29, 0.717) is 38.5 Å². The van der Waals surface area contributed by atoms with Gasteiger partial charge in [0.25, 0.3) is 0 Å². The van der Waals surface area contributed by atoms with E-state index in [1.807, 2.05) is 6.92 Å². The highest BCUT2D eigenvalue weighted by Gasteiger charge is 2.74. The molecule has 23 N–H and O–H groups in total. The zero-order valence-electron chi connectivity index (χ0n) is 65.7. The lowest BCUT2D eigenvalue weighted by Gasteiger charge is -2.71. The van der Waals surface area contributed by atoms with Crippen LogP contribution >= 0.6 is 0 Å². The molecular weight excluding hydrogens is 1560 g/mol. The summed E-state index contributed by atoms with van der Waals surface area (Å²) in [5, 5.41) is 255. The number of carbonyl (C=O) groups excluding carboxylic acids is 1. The molecule has 0 aromatic heterocycles. The molecule has 12 fully saturated rings. The third-order valence-electron chi connectivity index (χ3n) is 28.9. The van der Waals surface area contributed by atoms with E-state index >= 15 is 4.79 Å². The molecule has 0 bridgehead atoms. The highest BCUT2D eigenvalue weighted by Crippen LogP contribution is 2.76. The van der Waals surface area contributed by atoms with E-state index in [2.05, 4.69) is 33.8 Å². The topological polar surface area (TPSA) is 647 Å². The molecule has 41 nitrogen and oxygen atoms in total. The number of hydrogen-bond donors (Lipinski definition) is 23. The number of carboxylic acid groups (broad SMARTS) is 1.